The third kappa shape index (κ3) is 2.14. The van der Waals surface area contributed by atoms with Crippen LogP contribution in [0.15, 0.2) is 0 Å². The van der Waals surface area contributed by atoms with Crippen molar-refractivity contribution in [2.24, 2.45) is 0 Å². The number of hydrogen-bond donors (Lipinski definition) is 1. The molecule has 1 saturated carbocycles. The van der Waals surface area contributed by atoms with Gasteiger partial charge in [-0.3, -0.25) is 0 Å². The fraction of sp³-hybridized carbons (Fsp3) is 0.750. The maximum absolute atomic E-state index is 5.81. The van der Waals surface area contributed by atoms with E-state index >= 15 is 0 Å². The molecule has 16 heavy (non-hydrogen) atoms. The van der Waals surface area contributed by atoms with Crippen LogP contribution in [0.1, 0.15) is 48.4 Å². The molecule has 2 atom stereocenters. The summed E-state index contributed by atoms with van der Waals surface area (Å²) in [4.78, 5) is 6.07. The zero-order chi connectivity index (χ0) is 11.1. The minimum absolute atomic E-state index is 0.228. The molecule has 0 radical (unpaired) electrons. The number of aromatic nitrogens is 1. The zero-order valence-electron chi connectivity index (χ0n) is 9.82. The highest BCUT2D eigenvalue weighted by Gasteiger charge is 2.26. The van der Waals surface area contributed by atoms with Gasteiger partial charge in [-0.15, -0.1) is 11.3 Å². The summed E-state index contributed by atoms with van der Waals surface area (Å²) >= 11 is 1.82. The van der Waals surface area contributed by atoms with Gasteiger partial charge in [-0.25, -0.2) is 4.98 Å². The predicted octanol–water partition coefficient (Wildman–Crippen LogP) is 2.42. The van der Waals surface area contributed by atoms with Crippen LogP contribution in [-0.2, 0) is 17.7 Å². The van der Waals surface area contributed by atoms with Crippen molar-refractivity contribution >= 4 is 11.3 Å². The molecule has 1 aliphatic heterocycles. The van der Waals surface area contributed by atoms with Crippen LogP contribution in [0.2, 0.25) is 0 Å². The number of fused-ring (bicyclic) bond motifs is 1. The molecular formula is C12H18N2OS. The molecule has 1 aliphatic carbocycles. The van der Waals surface area contributed by atoms with Gasteiger partial charge in [0.1, 0.15) is 5.01 Å². The Hall–Kier alpha value is -0.450. The first-order valence-corrected chi connectivity index (χ1v) is 6.91. The van der Waals surface area contributed by atoms with Crippen LogP contribution >= 0.6 is 11.3 Å². The molecule has 0 aromatic carbocycles. The van der Waals surface area contributed by atoms with Gasteiger partial charge >= 0.3 is 0 Å². The number of nitrogens with one attached hydrogen (secondary N) is 1. The van der Waals surface area contributed by atoms with E-state index < -0.39 is 0 Å². The summed E-state index contributed by atoms with van der Waals surface area (Å²) in [6, 6.07) is 0.758. The zero-order valence-corrected chi connectivity index (χ0v) is 10.6. The topological polar surface area (TPSA) is 34.2 Å². The van der Waals surface area contributed by atoms with E-state index in [0.717, 1.165) is 19.0 Å². The van der Waals surface area contributed by atoms with Gasteiger partial charge in [0.15, 0.2) is 0 Å². The molecule has 4 heteroatoms. The molecular weight excluding hydrogens is 220 g/mol. The van der Waals surface area contributed by atoms with E-state index in [0.29, 0.717) is 6.10 Å². The first-order chi connectivity index (χ1) is 7.72. The molecule has 3 rings (SSSR count). The van der Waals surface area contributed by atoms with Gasteiger partial charge in [0.25, 0.3) is 0 Å². The van der Waals surface area contributed by atoms with E-state index in [4.69, 9.17) is 9.72 Å². The van der Waals surface area contributed by atoms with Crippen LogP contribution < -0.4 is 5.32 Å². The third-order valence-electron chi connectivity index (χ3n) is 3.18. The van der Waals surface area contributed by atoms with Crippen molar-refractivity contribution < 1.29 is 4.74 Å². The van der Waals surface area contributed by atoms with Gasteiger partial charge in [-0.1, -0.05) is 0 Å². The summed E-state index contributed by atoms with van der Waals surface area (Å²) in [5.41, 5.74) is 1.27. The summed E-state index contributed by atoms with van der Waals surface area (Å²) in [6.07, 6.45) is 4.18. The Kier molecular flexibility index (Phi) is 2.73. The van der Waals surface area contributed by atoms with Crippen molar-refractivity contribution in [3.05, 3.63) is 15.6 Å². The van der Waals surface area contributed by atoms with Crippen molar-refractivity contribution in [2.75, 3.05) is 0 Å². The summed E-state index contributed by atoms with van der Waals surface area (Å²) in [7, 11) is 0. The number of nitrogens with zero attached hydrogens (tertiary/aromatic N) is 1. The summed E-state index contributed by atoms with van der Waals surface area (Å²) in [6.45, 7) is 5.19. The monoisotopic (exact) mass is 238 g/mol. The molecule has 3 nitrogen and oxygen atoms in total. The summed E-state index contributed by atoms with van der Waals surface area (Å²) < 4.78 is 5.81. The van der Waals surface area contributed by atoms with Crippen LogP contribution in [0.25, 0.3) is 0 Å². The van der Waals surface area contributed by atoms with Crippen LogP contribution in [0, 0.1) is 0 Å². The number of thiazole rings is 1. The Morgan fingerprint density at radius 2 is 2.25 bits per heavy atom. The van der Waals surface area contributed by atoms with E-state index in [9.17, 15) is 0 Å². The van der Waals surface area contributed by atoms with Gasteiger partial charge in [-0.05, 0) is 26.7 Å². The lowest BCUT2D eigenvalue weighted by molar-refractivity contribution is -0.00318. The lowest BCUT2D eigenvalue weighted by Gasteiger charge is -2.23. The molecule has 0 bridgehead atoms. The number of rotatable bonds is 3. The minimum Gasteiger partial charge on any atom is -0.370 e. The fourth-order valence-corrected chi connectivity index (χ4v) is 3.24. The van der Waals surface area contributed by atoms with E-state index in [2.05, 4.69) is 19.2 Å². The van der Waals surface area contributed by atoms with E-state index in [1.165, 1.54) is 28.4 Å². The normalized spacial score (nSPS) is 29.1. The van der Waals surface area contributed by atoms with Gasteiger partial charge in [0, 0.05) is 19.0 Å². The number of hydrogen-bond acceptors (Lipinski definition) is 4. The number of ether oxygens (including phenoxy) is 1. The Balaban J connectivity index is 1.73. The van der Waals surface area contributed by atoms with Crippen molar-refractivity contribution in [1.82, 2.24) is 10.3 Å². The molecule has 2 aliphatic rings. The van der Waals surface area contributed by atoms with E-state index in [-0.39, 0.29) is 6.10 Å². The average Bonchev–Trinajstić information content (AvgIpc) is 2.96. The summed E-state index contributed by atoms with van der Waals surface area (Å²) in [5.74, 6) is 0. The highest BCUT2D eigenvalue weighted by atomic mass is 32.1. The van der Waals surface area contributed by atoms with Gasteiger partial charge in [0.05, 0.1) is 22.8 Å². The standard InChI is InChI=1S/C12H18N2OS/c1-7-5-10-12(8(2)15-7)16-11(14-10)6-13-9-3-4-9/h7-9,13H,3-6H2,1-2H3. The molecule has 0 spiro atoms. The maximum Gasteiger partial charge on any atom is 0.107 e. The molecule has 1 aromatic heterocycles. The molecule has 0 amide bonds. The van der Waals surface area contributed by atoms with Crippen molar-refractivity contribution in [2.45, 2.75) is 57.9 Å². The average molecular weight is 238 g/mol. The highest BCUT2D eigenvalue weighted by Crippen LogP contribution is 2.34. The van der Waals surface area contributed by atoms with Gasteiger partial charge < -0.3 is 10.1 Å². The molecule has 1 N–H and O–H groups in total. The molecule has 88 valence electrons. The lowest BCUT2D eigenvalue weighted by Crippen LogP contribution is -2.21. The highest BCUT2D eigenvalue weighted by molar-refractivity contribution is 7.11. The van der Waals surface area contributed by atoms with Gasteiger partial charge in [-0.2, -0.15) is 0 Å². The fourth-order valence-electron chi connectivity index (χ4n) is 2.20. The Labute approximate surface area is 100 Å². The predicted molar refractivity (Wildman–Crippen MR) is 64.6 cm³/mol. The van der Waals surface area contributed by atoms with Crippen molar-refractivity contribution in [3.8, 4) is 0 Å². The third-order valence-corrected chi connectivity index (χ3v) is 4.44. The molecule has 2 heterocycles. The van der Waals surface area contributed by atoms with Crippen molar-refractivity contribution in [3.63, 3.8) is 0 Å². The summed E-state index contributed by atoms with van der Waals surface area (Å²) in [5, 5.41) is 4.74. The molecule has 1 fully saturated rings. The van der Waals surface area contributed by atoms with E-state index in [1.54, 1.807) is 0 Å². The van der Waals surface area contributed by atoms with Crippen LogP contribution in [0.3, 0.4) is 0 Å². The smallest absolute Gasteiger partial charge is 0.107 e. The second kappa shape index (κ2) is 4.09. The maximum atomic E-state index is 5.81. The first kappa shape index (κ1) is 10.7. The Morgan fingerprint density at radius 1 is 1.44 bits per heavy atom. The Bertz CT molecular complexity index is 386. The second-order valence-corrected chi connectivity index (χ2v) is 5.98. The SMILES string of the molecule is CC1Cc2nc(CNC3CC3)sc2C(C)O1. The molecule has 2 unspecified atom stereocenters. The second-order valence-electron chi connectivity index (χ2n) is 4.87. The quantitative estimate of drug-likeness (QED) is 0.878. The largest absolute Gasteiger partial charge is 0.370 e. The molecule has 1 aromatic rings. The van der Waals surface area contributed by atoms with Crippen LogP contribution in [0.4, 0.5) is 0 Å². The minimum atomic E-state index is 0.228. The molecule has 0 saturated heterocycles. The van der Waals surface area contributed by atoms with Crippen LogP contribution in [0.5, 0.6) is 0 Å². The van der Waals surface area contributed by atoms with Crippen molar-refractivity contribution in [1.29, 1.82) is 0 Å². The van der Waals surface area contributed by atoms with Gasteiger partial charge in [0.2, 0.25) is 0 Å². The first-order valence-electron chi connectivity index (χ1n) is 6.09. The Morgan fingerprint density at radius 3 is 3.00 bits per heavy atom. The van der Waals surface area contributed by atoms with E-state index in [1.807, 2.05) is 11.3 Å². The van der Waals surface area contributed by atoms with Crippen LogP contribution in [-0.4, -0.2) is 17.1 Å². The lowest BCUT2D eigenvalue weighted by atomic mass is 10.1.